The largest absolute Gasteiger partial charge is 0.456 e. The van der Waals surface area contributed by atoms with Crippen LogP contribution in [0.5, 0.6) is 0 Å². The van der Waals surface area contributed by atoms with Crippen LogP contribution in [0, 0.1) is 0 Å². The highest BCUT2D eigenvalue weighted by atomic mass is 16.3. The molecule has 2 aromatic heterocycles. The van der Waals surface area contributed by atoms with Crippen LogP contribution in [0.3, 0.4) is 0 Å². The third kappa shape index (κ3) is 6.06. The Hall–Kier alpha value is -8.14. The third-order valence-corrected chi connectivity index (χ3v) is 12.1. The van der Waals surface area contributed by atoms with Crippen molar-refractivity contribution in [3.63, 3.8) is 0 Å². The van der Waals surface area contributed by atoms with Crippen LogP contribution < -0.4 is 4.90 Å². The molecule has 0 bridgehead atoms. The molecule has 0 radical (unpaired) electrons. The molecule has 3 nitrogen and oxygen atoms in total. The smallest absolute Gasteiger partial charge is 0.143 e. The molecule has 3 heteroatoms. The lowest BCUT2D eigenvalue weighted by Crippen LogP contribution is -2.11. The molecular weight excluding hydrogens is 743 g/mol. The molecular formula is C58H37NO2. The number of furan rings is 2. The molecule has 0 fully saturated rings. The molecule has 0 unspecified atom stereocenters. The summed E-state index contributed by atoms with van der Waals surface area (Å²) >= 11 is 0. The monoisotopic (exact) mass is 779 g/mol. The minimum atomic E-state index is 0.885. The Kier molecular flexibility index (Phi) is 8.17. The molecule has 0 saturated heterocycles. The molecule has 0 aliphatic heterocycles. The molecule has 61 heavy (non-hydrogen) atoms. The van der Waals surface area contributed by atoms with Crippen molar-refractivity contribution < 1.29 is 8.83 Å². The summed E-state index contributed by atoms with van der Waals surface area (Å²) in [5.41, 5.74) is 15.9. The van der Waals surface area contributed by atoms with Crippen molar-refractivity contribution in [2.24, 2.45) is 0 Å². The van der Waals surface area contributed by atoms with Crippen LogP contribution in [0.2, 0.25) is 0 Å². The van der Waals surface area contributed by atoms with Crippen LogP contribution in [-0.2, 0) is 0 Å². The SMILES string of the molecule is c1ccc(N(c2ccc(-c3ccc(-c4ccc5ccccc5c4)cc3)cc2)c2ccc(-c3ccc4oc5ccccc5c4c3)cc2)c(-c2cccc3c2oc2ccccc23)c1. The summed E-state index contributed by atoms with van der Waals surface area (Å²) in [6.45, 7) is 0. The number of nitrogens with zero attached hydrogens (tertiary/aromatic N) is 1. The normalized spacial score (nSPS) is 11.6. The fourth-order valence-electron chi connectivity index (χ4n) is 9.02. The molecule has 0 atom stereocenters. The molecule has 10 aromatic carbocycles. The van der Waals surface area contributed by atoms with Crippen molar-refractivity contribution in [1.82, 2.24) is 0 Å². The first-order valence-corrected chi connectivity index (χ1v) is 20.7. The molecule has 12 aromatic rings. The second-order valence-corrected chi connectivity index (χ2v) is 15.7. The fraction of sp³-hybridized carbons (Fsp3) is 0. The summed E-state index contributed by atoms with van der Waals surface area (Å²) in [4.78, 5) is 2.36. The van der Waals surface area contributed by atoms with Gasteiger partial charge in [-0.2, -0.15) is 0 Å². The van der Waals surface area contributed by atoms with E-state index in [9.17, 15) is 0 Å². The summed E-state index contributed by atoms with van der Waals surface area (Å²) in [5, 5.41) is 6.98. The number of para-hydroxylation sites is 4. The van der Waals surface area contributed by atoms with Gasteiger partial charge in [0, 0.05) is 44.0 Å². The number of fused-ring (bicyclic) bond motifs is 7. The van der Waals surface area contributed by atoms with Gasteiger partial charge in [0.25, 0.3) is 0 Å². The summed E-state index contributed by atoms with van der Waals surface area (Å²) in [6.07, 6.45) is 0. The number of hydrogen-bond donors (Lipinski definition) is 0. The van der Waals surface area contributed by atoms with Crippen molar-refractivity contribution in [3.8, 4) is 44.5 Å². The van der Waals surface area contributed by atoms with Gasteiger partial charge >= 0.3 is 0 Å². The van der Waals surface area contributed by atoms with Gasteiger partial charge in [-0.3, -0.25) is 0 Å². The zero-order chi connectivity index (χ0) is 40.3. The fourth-order valence-corrected chi connectivity index (χ4v) is 9.02. The average molecular weight is 780 g/mol. The van der Waals surface area contributed by atoms with Gasteiger partial charge in [0.1, 0.15) is 22.3 Å². The van der Waals surface area contributed by atoms with E-state index in [2.05, 4.69) is 205 Å². The maximum absolute atomic E-state index is 6.60. The van der Waals surface area contributed by atoms with Crippen molar-refractivity contribution >= 4 is 71.7 Å². The van der Waals surface area contributed by atoms with Crippen molar-refractivity contribution in [1.29, 1.82) is 0 Å². The van der Waals surface area contributed by atoms with Crippen LogP contribution in [0.15, 0.2) is 233 Å². The maximum atomic E-state index is 6.60. The first-order valence-electron chi connectivity index (χ1n) is 20.7. The maximum Gasteiger partial charge on any atom is 0.143 e. The van der Waals surface area contributed by atoms with E-state index in [0.29, 0.717) is 0 Å². The predicted molar refractivity (Wildman–Crippen MR) is 255 cm³/mol. The van der Waals surface area contributed by atoms with Crippen molar-refractivity contribution in [2.75, 3.05) is 4.90 Å². The van der Waals surface area contributed by atoms with Gasteiger partial charge in [-0.1, -0.05) is 164 Å². The van der Waals surface area contributed by atoms with Gasteiger partial charge in [-0.15, -0.1) is 0 Å². The molecule has 0 N–H and O–H groups in total. The van der Waals surface area contributed by atoms with Crippen LogP contribution in [-0.4, -0.2) is 0 Å². The number of rotatable bonds is 7. The second-order valence-electron chi connectivity index (χ2n) is 15.7. The predicted octanol–water partition coefficient (Wildman–Crippen LogP) is 16.8. The average Bonchev–Trinajstić information content (AvgIpc) is 3.91. The van der Waals surface area contributed by atoms with E-state index in [1.54, 1.807) is 0 Å². The third-order valence-electron chi connectivity index (χ3n) is 12.1. The standard InChI is InChI=1S/C58H37NO2/c1-2-11-43-36-44(25-24-38(43)10-1)41-22-20-39(21-23-41)40-26-31-46(32-27-40)59(47-33-28-42(29-34-47)45-30-35-57-53(37-45)50-14-5-7-18-55(50)60-57)54-17-6-3-12-48(54)51-15-9-16-52-49-13-4-8-19-56(49)61-58(51)52/h1-37H. The zero-order valence-electron chi connectivity index (χ0n) is 33.1. The van der Waals surface area contributed by atoms with Crippen molar-refractivity contribution in [3.05, 3.63) is 224 Å². The number of hydrogen-bond acceptors (Lipinski definition) is 3. The molecule has 286 valence electrons. The summed E-state index contributed by atoms with van der Waals surface area (Å²) in [7, 11) is 0. The van der Waals surface area contributed by atoms with Gasteiger partial charge in [-0.05, 0) is 105 Å². The summed E-state index contributed by atoms with van der Waals surface area (Å²) < 4.78 is 12.7. The zero-order valence-corrected chi connectivity index (χ0v) is 33.1. The highest BCUT2D eigenvalue weighted by Gasteiger charge is 2.21. The topological polar surface area (TPSA) is 29.5 Å². The van der Waals surface area contributed by atoms with Crippen LogP contribution in [0.1, 0.15) is 0 Å². The number of benzene rings is 10. The number of anilines is 3. The molecule has 0 saturated carbocycles. The van der Waals surface area contributed by atoms with E-state index in [-0.39, 0.29) is 0 Å². The molecule has 0 amide bonds. The highest BCUT2D eigenvalue weighted by Crippen LogP contribution is 2.45. The Balaban J connectivity index is 0.946. The lowest BCUT2D eigenvalue weighted by Gasteiger charge is -2.28. The first-order chi connectivity index (χ1) is 30.2. The van der Waals surface area contributed by atoms with Crippen LogP contribution in [0.25, 0.3) is 99.2 Å². The van der Waals surface area contributed by atoms with Gasteiger partial charge in [0.2, 0.25) is 0 Å². The summed E-state index contributed by atoms with van der Waals surface area (Å²) in [6, 6.07) is 80.0. The second kappa shape index (κ2) is 14.3. The van der Waals surface area contributed by atoms with E-state index < -0.39 is 0 Å². The van der Waals surface area contributed by atoms with E-state index in [1.807, 2.05) is 24.3 Å². The molecule has 0 aliphatic rings. The van der Waals surface area contributed by atoms with Gasteiger partial charge in [0.15, 0.2) is 0 Å². The minimum Gasteiger partial charge on any atom is -0.456 e. The van der Waals surface area contributed by atoms with E-state index in [4.69, 9.17) is 8.83 Å². The Morgan fingerprint density at radius 1 is 0.279 bits per heavy atom. The molecule has 0 spiro atoms. The van der Waals surface area contributed by atoms with E-state index >= 15 is 0 Å². The molecule has 12 rings (SSSR count). The first kappa shape index (κ1) is 34.9. The van der Waals surface area contributed by atoms with Crippen molar-refractivity contribution in [2.45, 2.75) is 0 Å². The highest BCUT2D eigenvalue weighted by molar-refractivity contribution is 6.11. The van der Waals surface area contributed by atoms with Gasteiger partial charge in [0.05, 0.1) is 5.69 Å². The van der Waals surface area contributed by atoms with Crippen LogP contribution >= 0.6 is 0 Å². The Morgan fingerprint density at radius 2 is 0.754 bits per heavy atom. The van der Waals surface area contributed by atoms with E-state index in [1.165, 1.54) is 27.5 Å². The lowest BCUT2D eigenvalue weighted by atomic mass is 9.97. The Labute approximate surface area is 353 Å². The molecule has 2 heterocycles. The lowest BCUT2D eigenvalue weighted by molar-refractivity contribution is 0.669. The summed E-state index contributed by atoms with van der Waals surface area (Å²) in [5.74, 6) is 0. The van der Waals surface area contributed by atoms with Gasteiger partial charge < -0.3 is 13.7 Å². The van der Waals surface area contributed by atoms with Crippen LogP contribution in [0.4, 0.5) is 17.1 Å². The Morgan fingerprint density at radius 3 is 1.48 bits per heavy atom. The molecule has 0 aliphatic carbocycles. The van der Waals surface area contributed by atoms with Gasteiger partial charge in [-0.25, -0.2) is 0 Å². The quantitative estimate of drug-likeness (QED) is 0.161. The van der Waals surface area contributed by atoms with E-state index in [0.717, 1.165) is 88.8 Å². The Bertz CT molecular complexity index is 3580. The minimum absolute atomic E-state index is 0.885.